The Hall–Kier alpha value is -2.87. The van der Waals surface area contributed by atoms with Gasteiger partial charge in [-0.15, -0.1) is 11.8 Å². The zero-order chi connectivity index (χ0) is 19.7. The zero-order valence-electron chi connectivity index (χ0n) is 15.9. The minimum Gasteiger partial charge on any atom is -0.496 e. The summed E-state index contributed by atoms with van der Waals surface area (Å²) >= 11 is 1.56. The fraction of sp³-hybridized carbons (Fsp3) is 0.300. The highest BCUT2D eigenvalue weighted by atomic mass is 32.2. The Morgan fingerprint density at radius 3 is 2.54 bits per heavy atom. The first-order chi connectivity index (χ1) is 13.6. The van der Waals surface area contributed by atoms with Crippen molar-refractivity contribution in [1.29, 1.82) is 0 Å². The molecule has 146 valence electrons. The quantitative estimate of drug-likeness (QED) is 0.685. The molecule has 1 atom stereocenters. The minimum atomic E-state index is -0.199. The molecular formula is C20H21N3O4S. The summed E-state index contributed by atoms with van der Waals surface area (Å²) in [4.78, 5) is 22.3. The Morgan fingerprint density at radius 2 is 1.82 bits per heavy atom. The molecule has 0 aliphatic carbocycles. The van der Waals surface area contributed by atoms with Gasteiger partial charge in [0, 0.05) is 11.6 Å². The van der Waals surface area contributed by atoms with Gasteiger partial charge in [0.15, 0.2) is 11.5 Å². The summed E-state index contributed by atoms with van der Waals surface area (Å²) in [7, 11) is 4.78. The fourth-order valence-corrected chi connectivity index (χ4v) is 4.57. The smallest absolute Gasteiger partial charge is 0.234 e. The number of ether oxygens (including phenoxy) is 3. The molecule has 4 rings (SSSR count). The topological polar surface area (TPSA) is 76.7 Å². The van der Waals surface area contributed by atoms with Crippen LogP contribution in [0.15, 0.2) is 36.4 Å². The molecule has 1 unspecified atom stereocenters. The second kappa shape index (κ2) is 7.63. The molecule has 2 aromatic carbocycles. The molecule has 0 bridgehead atoms. The Kier molecular flexibility index (Phi) is 5.04. The summed E-state index contributed by atoms with van der Waals surface area (Å²) in [6.45, 7) is 0.392. The lowest BCUT2D eigenvalue weighted by atomic mass is 10.1. The maximum Gasteiger partial charge on any atom is 0.234 e. The van der Waals surface area contributed by atoms with Crippen molar-refractivity contribution in [3.63, 3.8) is 0 Å². The molecular weight excluding hydrogens is 378 g/mol. The predicted molar refractivity (Wildman–Crippen MR) is 108 cm³/mol. The second-order valence-electron chi connectivity index (χ2n) is 6.33. The summed E-state index contributed by atoms with van der Waals surface area (Å²) in [6, 6.07) is 11.5. The summed E-state index contributed by atoms with van der Waals surface area (Å²) < 4.78 is 16.4. The van der Waals surface area contributed by atoms with E-state index in [1.54, 1.807) is 39.2 Å². The first-order valence-electron chi connectivity index (χ1n) is 8.79. The number of aromatic nitrogens is 2. The van der Waals surface area contributed by atoms with E-state index in [1.165, 1.54) is 0 Å². The van der Waals surface area contributed by atoms with Crippen LogP contribution in [0, 0.1) is 0 Å². The van der Waals surface area contributed by atoms with E-state index in [0.717, 1.165) is 22.4 Å². The van der Waals surface area contributed by atoms with E-state index in [0.29, 0.717) is 29.5 Å². The fourth-order valence-electron chi connectivity index (χ4n) is 3.37. The number of aromatic amines is 1. The monoisotopic (exact) mass is 399 g/mol. The highest BCUT2D eigenvalue weighted by Gasteiger charge is 2.36. The van der Waals surface area contributed by atoms with E-state index in [-0.39, 0.29) is 11.3 Å². The highest BCUT2D eigenvalue weighted by Crippen LogP contribution is 2.46. The van der Waals surface area contributed by atoms with Crippen LogP contribution in [0.25, 0.3) is 11.0 Å². The number of hydrogen-bond donors (Lipinski definition) is 1. The van der Waals surface area contributed by atoms with Gasteiger partial charge in [-0.25, -0.2) is 4.98 Å². The average molecular weight is 399 g/mol. The van der Waals surface area contributed by atoms with E-state index >= 15 is 0 Å². The number of rotatable bonds is 6. The van der Waals surface area contributed by atoms with Gasteiger partial charge in [-0.1, -0.05) is 12.1 Å². The van der Waals surface area contributed by atoms with Crippen LogP contribution in [-0.4, -0.2) is 47.9 Å². The number of carbonyl (C=O) groups is 1. The van der Waals surface area contributed by atoms with E-state index in [1.807, 2.05) is 35.2 Å². The standard InChI is InChI=1S/C20H21N3O4S/c1-25-15-9-17(27-3)16(26-2)8-12(15)20-23(19(24)11-28-20)10-18-21-13-6-4-5-7-14(13)22-18/h4-9,20H,10-11H2,1-3H3,(H,21,22). The van der Waals surface area contributed by atoms with E-state index in [9.17, 15) is 4.79 Å². The van der Waals surface area contributed by atoms with Crippen molar-refractivity contribution in [3.8, 4) is 17.2 Å². The van der Waals surface area contributed by atoms with Gasteiger partial charge >= 0.3 is 0 Å². The largest absolute Gasteiger partial charge is 0.496 e. The molecule has 1 amide bonds. The minimum absolute atomic E-state index is 0.0623. The molecule has 0 spiro atoms. The van der Waals surface area contributed by atoms with Crippen LogP contribution >= 0.6 is 11.8 Å². The van der Waals surface area contributed by atoms with Crippen LogP contribution in [0.1, 0.15) is 16.8 Å². The van der Waals surface area contributed by atoms with Gasteiger partial charge < -0.3 is 24.1 Å². The maximum absolute atomic E-state index is 12.6. The number of nitrogens with zero attached hydrogens (tertiary/aromatic N) is 2. The van der Waals surface area contributed by atoms with Gasteiger partial charge in [-0.3, -0.25) is 4.79 Å². The number of amides is 1. The molecule has 3 aromatic rings. The van der Waals surface area contributed by atoms with E-state index in [4.69, 9.17) is 14.2 Å². The van der Waals surface area contributed by atoms with Crippen LogP contribution in [-0.2, 0) is 11.3 Å². The van der Waals surface area contributed by atoms with Crippen molar-refractivity contribution >= 4 is 28.7 Å². The molecule has 1 N–H and O–H groups in total. The molecule has 0 saturated carbocycles. The van der Waals surface area contributed by atoms with Gasteiger partial charge in [0.05, 0.1) is 44.7 Å². The SMILES string of the molecule is COc1cc(OC)c(C2SCC(=O)N2Cc2nc3ccccc3[nH]2)cc1OC. The third-order valence-electron chi connectivity index (χ3n) is 4.73. The van der Waals surface area contributed by atoms with Crippen molar-refractivity contribution in [3.05, 3.63) is 47.8 Å². The summed E-state index contributed by atoms with van der Waals surface area (Å²) in [5.41, 5.74) is 2.71. The molecule has 2 heterocycles. The first kappa shape index (κ1) is 18.5. The van der Waals surface area contributed by atoms with Crippen molar-refractivity contribution < 1.29 is 19.0 Å². The number of imidazole rings is 1. The molecule has 1 aromatic heterocycles. The Bertz CT molecular complexity index is 987. The normalized spacial score (nSPS) is 16.6. The van der Waals surface area contributed by atoms with E-state index < -0.39 is 0 Å². The Morgan fingerprint density at radius 1 is 1.11 bits per heavy atom. The number of nitrogens with one attached hydrogen (secondary N) is 1. The molecule has 8 heteroatoms. The molecule has 1 saturated heterocycles. The molecule has 1 fully saturated rings. The molecule has 1 aliphatic rings. The van der Waals surface area contributed by atoms with Gasteiger partial charge in [-0.05, 0) is 18.2 Å². The summed E-state index contributed by atoms with van der Waals surface area (Å²) in [5.74, 6) is 3.05. The third kappa shape index (κ3) is 3.24. The maximum atomic E-state index is 12.6. The number of H-pyrrole nitrogens is 1. The van der Waals surface area contributed by atoms with Crippen molar-refractivity contribution in [2.45, 2.75) is 11.9 Å². The van der Waals surface area contributed by atoms with Crippen LogP contribution in [0.5, 0.6) is 17.2 Å². The zero-order valence-corrected chi connectivity index (χ0v) is 16.7. The van der Waals surface area contributed by atoms with Crippen LogP contribution in [0.2, 0.25) is 0 Å². The van der Waals surface area contributed by atoms with E-state index in [2.05, 4.69) is 9.97 Å². The lowest BCUT2D eigenvalue weighted by molar-refractivity contribution is -0.128. The molecule has 7 nitrogen and oxygen atoms in total. The Labute approximate surface area is 167 Å². The van der Waals surface area contributed by atoms with Gasteiger partial charge in [0.25, 0.3) is 0 Å². The van der Waals surface area contributed by atoms with Gasteiger partial charge in [-0.2, -0.15) is 0 Å². The number of hydrogen-bond acceptors (Lipinski definition) is 6. The number of methoxy groups -OCH3 is 3. The highest BCUT2D eigenvalue weighted by molar-refractivity contribution is 8.00. The summed E-state index contributed by atoms with van der Waals surface area (Å²) in [5, 5.41) is -0.199. The molecule has 1 aliphatic heterocycles. The van der Waals surface area contributed by atoms with Crippen LogP contribution < -0.4 is 14.2 Å². The van der Waals surface area contributed by atoms with Crippen LogP contribution in [0.4, 0.5) is 0 Å². The number of carbonyl (C=O) groups excluding carboxylic acids is 1. The lowest BCUT2D eigenvalue weighted by Crippen LogP contribution is -2.28. The molecule has 0 radical (unpaired) electrons. The average Bonchev–Trinajstić information content (AvgIpc) is 3.30. The van der Waals surface area contributed by atoms with Gasteiger partial charge in [0.1, 0.15) is 16.9 Å². The first-order valence-corrected chi connectivity index (χ1v) is 9.84. The van der Waals surface area contributed by atoms with Crippen molar-refractivity contribution in [2.24, 2.45) is 0 Å². The number of para-hydroxylation sites is 2. The number of benzene rings is 2. The number of fused-ring (bicyclic) bond motifs is 1. The van der Waals surface area contributed by atoms with Crippen LogP contribution in [0.3, 0.4) is 0 Å². The predicted octanol–water partition coefficient (Wildman–Crippen LogP) is 3.36. The second-order valence-corrected chi connectivity index (χ2v) is 7.40. The number of thioether (sulfide) groups is 1. The van der Waals surface area contributed by atoms with Crippen molar-refractivity contribution in [2.75, 3.05) is 27.1 Å². The molecule has 28 heavy (non-hydrogen) atoms. The summed E-state index contributed by atoms with van der Waals surface area (Å²) in [6.07, 6.45) is 0. The van der Waals surface area contributed by atoms with Gasteiger partial charge in [0.2, 0.25) is 5.91 Å². The Balaban J connectivity index is 1.69. The van der Waals surface area contributed by atoms with Crippen molar-refractivity contribution in [1.82, 2.24) is 14.9 Å². The third-order valence-corrected chi connectivity index (χ3v) is 5.97. The lowest BCUT2D eigenvalue weighted by Gasteiger charge is -2.25.